The van der Waals surface area contributed by atoms with Crippen LogP contribution >= 0.6 is 0 Å². The van der Waals surface area contributed by atoms with Crippen LogP contribution in [0.1, 0.15) is 18.1 Å². The Kier molecular flexibility index (Phi) is 9.61. The minimum atomic E-state index is 0.505. The van der Waals surface area contributed by atoms with Gasteiger partial charge in [-0.25, -0.2) is 4.99 Å². The Hall–Kier alpha value is -3.29. The molecule has 0 unspecified atom stereocenters. The van der Waals surface area contributed by atoms with Crippen molar-refractivity contribution in [3.8, 4) is 28.7 Å². The van der Waals surface area contributed by atoms with E-state index < -0.39 is 0 Å². The summed E-state index contributed by atoms with van der Waals surface area (Å²) in [5.74, 6) is 4.25. The highest BCUT2D eigenvalue weighted by Gasteiger charge is 2.13. The summed E-state index contributed by atoms with van der Waals surface area (Å²) in [5, 5.41) is 6.63. The maximum atomic E-state index is 5.53. The molecular formula is C23H33N3O5. The zero-order valence-corrected chi connectivity index (χ0v) is 19.2. The first-order chi connectivity index (χ1) is 15.1. The van der Waals surface area contributed by atoms with Gasteiger partial charge in [-0.2, -0.15) is 0 Å². The molecule has 0 spiro atoms. The minimum Gasteiger partial charge on any atom is -0.496 e. The summed E-state index contributed by atoms with van der Waals surface area (Å²) in [7, 11) is 8.14. The summed E-state index contributed by atoms with van der Waals surface area (Å²) in [5.41, 5.74) is 1.99. The van der Waals surface area contributed by atoms with Crippen LogP contribution in [0.3, 0.4) is 0 Å². The smallest absolute Gasteiger partial charge is 0.191 e. The molecule has 0 atom stereocenters. The van der Waals surface area contributed by atoms with Gasteiger partial charge in [-0.1, -0.05) is 6.07 Å². The number of methoxy groups -OCH3 is 5. The number of aliphatic imine (C=N–C) groups is 1. The van der Waals surface area contributed by atoms with Gasteiger partial charge < -0.3 is 34.3 Å². The maximum Gasteiger partial charge on any atom is 0.191 e. The molecule has 0 aliphatic carbocycles. The molecule has 2 rings (SSSR count). The SMILES string of the molecule is CCNC(=NCc1ccc(OC)c(OC)c1)NCCc1c(OC)cc(OC)cc1OC. The molecule has 31 heavy (non-hydrogen) atoms. The molecule has 2 aromatic carbocycles. The summed E-state index contributed by atoms with van der Waals surface area (Å²) in [4.78, 5) is 4.67. The van der Waals surface area contributed by atoms with Gasteiger partial charge in [0.1, 0.15) is 17.2 Å². The van der Waals surface area contributed by atoms with E-state index in [9.17, 15) is 0 Å². The van der Waals surface area contributed by atoms with E-state index in [1.807, 2.05) is 37.3 Å². The molecule has 8 heteroatoms. The number of ether oxygens (including phenoxy) is 5. The molecule has 0 aromatic heterocycles. The molecule has 0 radical (unpaired) electrons. The van der Waals surface area contributed by atoms with Crippen LogP contribution < -0.4 is 34.3 Å². The summed E-state index contributed by atoms with van der Waals surface area (Å²) < 4.78 is 27.0. The van der Waals surface area contributed by atoms with E-state index >= 15 is 0 Å². The molecule has 0 heterocycles. The van der Waals surface area contributed by atoms with Crippen molar-refractivity contribution in [3.63, 3.8) is 0 Å². The van der Waals surface area contributed by atoms with Crippen molar-refractivity contribution in [2.45, 2.75) is 19.9 Å². The molecule has 0 aliphatic rings. The molecular weight excluding hydrogens is 398 g/mol. The van der Waals surface area contributed by atoms with Gasteiger partial charge in [0.05, 0.1) is 42.1 Å². The van der Waals surface area contributed by atoms with E-state index in [1.165, 1.54) is 0 Å². The fourth-order valence-electron chi connectivity index (χ4n) is 3.12. The van der Waals surface area contributed by atoms with Crippen LogP contribution in [0.25, 0.3) is 0 Å². The quantitative estimate of drug-likeness (QED) is 0.418. The van der Waals surface area contributed by atoms with E-state index in [-0.39, 0.29) is 0 Å². The number of nitrogens with zero attached hydrogens (tertiary/aromatic N) is 1. The van der Waals surface area contributed by atoms with Crippen molar-refractivity contribution < 1.29 is 23.7 Å². The predicted octanol–water partition coefficient (Wildman–Crippen LogP) is 3.03. The third kappa shape index (κ3) is 6.60. The van der Waals surface area contributed by atoms with Crippen LogP contribution in [-0.4, -0.2) is 54.6 Å². The van der Waals surface area contributed by atoms with Gasteiger partial charge >= 0.3 is 0 Å². The van der Waals surface area contributed by atoms with Gasteiger partial charge in [-0.3, -0.25) is 0 Å². The Morgan fingerprint density at radius 3 is 1.97 bits per heavy atom. The van der Waals surface area contributed by atoms with Gasteiger partial charge in [-0.05, 0) is 31.0 Å². The zero-order valence-electron chi connectivity index (χ0n) is 19.2. The number of benzene rings is 2. The molecule has 2 N–H and O–H groups in total. The first-order valence-electron chi connectivity index (χ1n) is 10.1. The lowest BCUT2D eigenvalue weighted by Crippen LogP contribution is -2.38. The number of hydrogen-bond donors (Lipinski definition) is 2. The number of guanidine groups is 1. The normalized spacial score (nSPS) is 11.0. The lowest BCUT2D eigenvalue weighted by molar-refractivity contribution is 0.354. The van der Waals surface area contributed by atoms with E-state index in [1.54, 1.807) is 35.5 Å². The van der Waals surface area contributed by atoms with Gasteiger partial charge in [0, 0.05) is 30.8 Å². The van der Waals surface area contributed by atoms with E-state index in [0.29, 0.717) is 36.8 Å². The highest BCUT2D eigenvalue weighted by Crippen LogP contribution is 2.34. The van der Waals surface area contributed by atoms with Gasteiger partial charge in [0.2, 0.25) is 0 Å². The average molecular weight is 432 g/mol. The third-order valence-electron chi connectivity index (χ3n) is 4.70. The molecule has 0 amide bonds. The Bertz CT molecular complexity index is 845. The van der Waals surface area contributed by atoms with Crippen molar-refractivity contribution >= 4 is 5.96 Å². The highest BCUT2D eigenvalue weighted by molar-refractivity contribution is 5.79. The van der Waals surface area contributed by atoms with Crippen LogP contribution in [0.5, 0.6) is 28.7 Å². The summed E-state index contributed by atoms with van der Waals surface area (Å²) in [6.45, 7) is 3.94. The van der Waals surface area contributed by atoms with Gasteiger partial charge in [0.15, 0.2) is 17.5 Å². The molecule has 8 nitrogen and oxygen atoms in total. The van der Waals surface area contributed by atoms with Crippen molar-refractivity contribution in [2.75, 3.05) is 48.6 Å². The standard InChI is InChI=1S/C23H33N3O5/c1-7-24-23(26-15-16-8-9-19(28-3)22(12-16)31-6)25-11-10-18-20(29-4)13-17(27-2)14-21(18)30-5/h8-9,12-14H,7,10-11,15H2,1-6H3,(H2,24,25,26). The maximum absolute atomic E-state index is 5.53. The summed E-state index contributed by atoms with van der Waals surface area (Å²) in [6.07, 6.45) is 0.692. The number of rotatable bonds is 11. The summed E-state index contributed by atoms with van der Waals surface area (Å²) >= 11 is 0. The molecule has 0 saturated heterocycles. The molecule has 2 aromatic rings. The first-order valence-corrected chi connectivity index (χ1v) is 10.1. The fraction of sp³-hybridized carbons (Fsp3) is 0.435. The second-order valence-electron chi connectivity index (χ2n) is 6.57. The predicted molar refractivity (Wildman–Crippen MR) is 122 cm³/mol. The molecule has 170 valence electrons. The molecule has 0 fully saturated rings. The monoisotopic (exact) mass is 431 g/mol. The molecule has 0 aliphatic heterocycles. The van der Waals surface area contributed by atoms with E-state index in [2.05, 4.69) is 15.6 Å². The van der Waals surface area contributed by atoms with Crippen LogP contribution in [0.4, 0.5) is 0 Å². The van der Waals surface area contributed by atoms with Crippen molar-refractivity contribution in [1.29, 1.82) is 0 Å². The minimum absolute atomic E-state index is 0.505. The number of nitrogens with one attached hydrogen (secondary N) is 2. The lowest BCUT2D eigenvalue weighted by Gasteiger charge is -2.16. The average Bonchev–Trinajstić information content (AvgIpc) is 2.81. The molecule has 0 bridgehead atoms. The second-order valence-corrected chi connectivity index (χ2v) is 6.57. The highest BCUT2D eigenvalue weighted by atomic mass is 16.5. The zero-order chi connectivity index (χ0) is 22.6. The second kappa shape index (κ2) is 12.4. The van der Waals surface area contributed by atoms with Crippen LogP contribution in [0, 0.1) is 0 Å². The van der Waals surface area contributed by atoms with Crippen LogP contribution in [0.2, 0.25) is 0 Å². The van der Waals surface area contributed by atoms with E-state index in [0.717, 1.165) is 35.1 Å². The van der Waals surface area contributed by atoms with Gasteiger partial charge in [0.25, 0.3) is 0 Å². The van der Waals surface area contributed by atoms with E-state index in [4.69, 9.17) is 23.7 Å². The summed E-state index contributed by atoms with van der Waals surface area (Å²) in [6, 6.07) is 9.50. The lowest BCUT2D eigenvalue weighted by atomic mass is 10.1. The Balaban J connectivity index is 2.08. The number of hydrogen-bond acceptors (Lipinski definition) is 6. The Morgan fingerprint density at radius 2 is 1.42 bits per heavy atom. The largest absolute Gasteiger partial charge is 0.496 e. The van der Waals surface area contributed by atoms with Gasteiger partial charge in [-0.15, -0.1) is 0 Å². The fourth-order valence-corrected chi connectivity index (χ4v) is 3.12. The molecule has 0 saturated carbocycles. The van der Waals surface area contributed by atoms with Crippen molar-refractivity contribution in [2.24, 2.45) is 4.99 Å². The van der Waals surface area contributed by atoms with Crippen molar-refractivity contribution in [3.05, 3.63) is 41.5 Å². The van der Waals surface area contributed by atoms with Crippen LogP contribution in [0.15, 0.2) is 35.3 Å². The Morgan fingerprint density at radius 1 is 0.774 bits per heavy atom. The topological polar surface area (TPSA) is 82.6 Å². The third-order valence-corrected chi connectivity index (χ3v) is 4.70. The first kappa shape index (κ1) is 24.0. The Labute approximate surface area is 184 Å². The van der Waals surface area contributed by atoms with Crippen molar-refractivity contribution in [1.82, 2.24) is 10.6 Å². The van der Waals surface area contributed by atoms with Crippen LogP contribution in [-0.2, 0) is 13.0 Å².